The molecule has 0 fully saturated rings. The second-order valence-electron chi connectivity index (χ2n) is 14.6. The van der Waals surface area contributed by atoms with Crippen molar-refractivity contribution in [1.82, 2.24) is 0 Å². The number of halogens is 34. The SMILES string of the molecule is O=C(c1ccc(OCCCC(F)(F)C(F)(F)C(F)(F)C(F)(F)C(F)(F)C(F)(F)C(F)(F)C(F)(F)F)cc1)c1ccc(OCCCC(F)(F)C(F)(F)C(F)(F)C(F)(F)C(F)(F)C(F)(F)C(F)(F)C(F)(F)F)cc1. The van der Waals surface area contributed by atoms with Crippen LogP contribution in [0.2, 0.25) is 0 Å². The summed E-state index contributed by atoms with van der Waals surface area (Å²) in [6, 6.07) is 6.17. The van der Waals surface area contributed by atoms with Crippen molar-refractivity contribution >= 4 is 5.78 Å². The predicted molar refractivity (Wildman–Crippen MR) is 167 cm³/mol. The quantitative estimate of drug-likeness (QED) is 0.0597. The van der Waals surface area contributed by atoms with Gasteiger partial charge in [-0.25, -0.2) is 0 Å². The molecule has 2 rings (SSSR count). The van der Waals surface area contributed by atoms with Crippen molar-refractivity contribution in [3.63, 3.8) is 0 Å². The first-order valence-corrected chi connectivity index (χ1v) is 18.0. The molecule has 0 bridgehead atoms. The smallest absolute Gasteiger partial charge is 0.460 e. The van der Waals surface area contributed by atoms with Gasteiger partial charge in [-0.3, -0.25) is 4.79 Å². The molecule has 0 aromatic heterocycles. The van der Waals surface area contributed by atoms with Gasteiger partial charge in [0.15, 0.2) is 5.78 Å². The maximum Gasteiger partial charge on any atom is 0.460 e. The maximum absolute atomic E-state index is 14.1. The Morgan fingerprint density at radius 2 is 0.486 bits per heavy atom. The van der Waals surface area contributed by atoms with Gasteiger partial charge in [-0.2, -0.15) is 149 Å². The summed E-state index contributed by atoms with van der Waals surface area (Å²) in [5.74, 6) is -118. The van der Waals surface area contributed by atoms with Crippen LogP contribution in [-0.2, 0) is 0 Å². The number of hydrogen-bond acceptors (Lipinski definition) is 3. The van der Waals surface area contributed by atoms with Crippen molar-refractivity contribution < 1.29 is 164 Å². The zero-order chi connectivity index (χ0) is 57.2. The molecule has 0 atom stereocenters. The van der Waals surface area contributed by atoms with E-state index in [1.807, 2.05) is 0 Å². The molecule has 72 heavy (non-hydrogen) atoms. The Morgan fingerprint density at radius 3 is 0.694 bits per heavy atom. The molecule has 0 saturated heterocycles. The zero-order valence-corrected chi connectivity index (χ0v) is 33.4. The molecule has 37 heteroatoms. The van der Waals surface area contributed by atoms with Gasteiger partial charge in [-0.15, -0.1) is 0 Å². The van der Waals surface area contributed by atoms with Gasteiger partial charge in [-0.05, 0) is 61.4 Å². The summed E-state index contributed by atoms with van der Waals surface area (Å²) in [6.45, 7) is -2.70. The van der Waals surface area contributed by atoms with Crippen molar-refractivity contribution in [1.29, 1.82) is 0 Å². The lowest BCUT2D eigenvalue weighted by molar-refractivity contribution is -0.461. The largest absolute Gasteiger partial charge is 0.494 e. The highest BCUT2D eigenvalue weighted by Crippen LogP contribution is 2.66. The third-order valence-electron chi connectivity index (χ3n) is 9.61. The number of benzene rings is 2. The molecule has 2 aromatic rings. The second-order valence-corrected chi connectivity index (χ2v) is 14.6. The molecule has 0 amide bonds. The van der Waals surface area contributed by atoms with Crippen LogP contribution < -0.4 is 9.47 Å². The van der Waals surface area contributed by atoms with E-state index in [1.54, 1.807) is 0 Å². The Bertz CT molecular complexity index is 2020. The van der Waals surface area contributed by atoms with Crippen LogP contribution in [0.1, 0.15) is 41.6 Å². The van der Waals surface area contributed by atoms with Gasteiger partial charge in [0, 0.05) is 24.0 Å². The lowest BCUT2D eigenvalue weighted by Gasteiger charge is -2.42. The van der Waals surface area contributed by atoms with E-state index in [0.717, 1.165) is 48.5 Å². The lowest BCUT2D eigenvalue weighted by Crippen LogP contribution is -2.74. The molecule has 0 radical (unpaired) electrons. The molecule has 0 N–H and O–H groups in total. The summed E-state index contributed by atoms with van der Waals surface area (Å²) in [4.78, 5) is 12.8. The Labute approximate surface area is 375 Å². The number of alkyl halides is 34. The fraction of sp³-hybridized carbons (Fsp3) is 0.629. The number of carbonyl (C=O) groups excluding carboxylic acids is 1. The molecule has 0 spiro atoms. The number of hydrogen-bond donors (Lipinski definition) is 0. The monoisotopic (exact) mass is 1130 g/mol. The van der Waals surface area contributed by atoms with E-state index in [2.05, 4.69) is 0 Å². The Balaban J connectivity index is 2.08. The van der Waals surface area contributed by atoms with Crippen molar-refractivity contribution in [2.45, 2.75) is 121 Å². The van der Waals surface area contributed by atoms with Gasteiger partial charge in [0.1, 0.15) is 11.5 Å². The number of ether oxygens (including phenoxy) is 2. The van der Waals surface area contributed by atoms with Gasteiger partial charge >= 0.3 is 95.3 Å². The molecule has 0 heterocycles. The highest BCUT2D eigenvalue weighted by molar-refractivity contribution is 6.09. The Morgan fingerprint density at radius 1 is 0.292 bits per heavy atom. The second kappa shape index (κ2) is 18.9. The fourth-order valence-electron chi connectivity index (χ4n) is 5.25. The first-order valence-electron chi connectivity index (χ1n) is 18.0. The standard InChI is InChI=1S/C35H20F34O3/c36-20(37,22(40,41)24(44,45)26(48,49)28(52,53)30(56,57)32(60,61)34(64,65)66)11-1-13-71-17-7-3-15(4-8-17)19(70)16-5-9-18(10-6-16)72-14-2-12-21(38,39)23(42,43)25(46,47)27(50,51)29(54,55)31(58,59)33(62,63)35(67,68)69/h3-10H,1-2,11-14H2. The first-order chi connectivity index (χ1) is 31.5. The summed E-state index contributed by atoms with van der Waals surface area (Å²) in [7, 11) is 0. The van der Waals surface area contributed by atoms with Crippen LogP contribution in [0.15, 0.2) is 48.5 Å². The van der Waals surface area contributed by atoms with Crippen molar-refractivity contribution in [3.8, 4) is 11.5 Å². The van der Waals surface area contributed by atoms with Gasteiger partial charge < -0.3 is 9.47 Å². The van der Waals surface area contributed by atoms with E-state index in [-0.39, 0.29) is 11.1 Å². The van der Waals surface area contributed by atoms with E-state index >= 15 is 0 Å². The normalized spacial score (nSPS) is 15.5. The highest BCUT2D eigenvalue weighted by Gasteiger charge is 2.97. The van der Waals surface area contributed by atoms with Crippen LogP contribution in [0.5, 0.6) is 11.5 Å². The first kappa shape index (κ1) is 63.4. The molecule has 3 nitrogen and oxygen atoms in total. The summed E-state index contributed by atoms with van der Waals surface area (Å²) < 4.78 is 466. The third kappa shape index (κ3) is 9.89. The lowest BCUT2D eigenvalue weighted by atomic mass is 9.88. The molecule has 0 saturated carbocycles. The minimum absolute atomic E-state index is 0.387. The minimum atomic E-state index is -8.81. The average molecular weight is 1130 g/mol. The van der Waals surface area contributed by atoms with Crippen LogP contribution in [0.25, 0.3) is 0 Å². The van der Waals surface area contributed by atoms with Crippen LogP contribution in [-0.4, -0.2) is 114 Å². The van der Waals surface area contributed by atoms with Crippen molar-refractivity contribution in [2.75, 3.05) is 13.2 Å². The molecule has 0 unspecified atom stereocenters. The zero-order valence-electron chi connectivity index (χ0n) is 33.4. The summed E-state index contributed by atoms with van der Waals surface area (Å²) >= 11 is 0. The number of carbonyl (C=O) groups is 1. The third-order valence-corrected chi connectivity index (χ3v) is 9.61. The molecule has 0 aliphatic rings. The number of rotatable bonds is 24. The van der Waals surface area contributed by atoms with Crippen LogP contribution in [0.4, 0.5) is 149 Å². The van der Waals surface area contributed by atoms with Gasteiger partial charge in [-0.1, -0.05) is 0 Å². The minimum Gasteiger partial charge on any atom is -0.494 e. The molecule has 2 aromatic carbocycles. The topological polar surface area (TPSA) is 35.5 Å². The average Bonchev–Trinajstić information content (AvgIpc) is 3.22. The maximum atomic E-state index is 14.1. The molecular formula is C35H20F34O3. The highest BCUT2D eigenvalue weighted by atomic mass is 19.4. The van der Waals surface area contributed by atoms with Gasteiger partial charge in [0.25, 0.3) is 0 Å². The van der Waals surface area contributed by atoms with E-state index < -0.39 is 151 Å². The van der Waals surface area contributed by atoms with E-state index in [9.17, 15) is 154 Å². The fourth-order valence-corrected chi connectivity index (χ4v) is 5.25. The van der Waals surface area contributed by atoms with Gasteiger partial charge in [0.2, 0.25) is 0 Å². The molecule has 0 aliphatic heterocycles. The van der Waals surface area contributed by atoms with Crippen LogP contribution in [0.3, 0.4) is 0 Å². The summed E-state index contributed by atoms with van der Waals surface area (Å²) in [5, 5.41) is 0. The van der Waals surface area contributed by atoms with Crippen molar-refractivity contribution in [3.05, 3.63) is 59.7 Å². The summed E-state index contributed by atoms with van der Waals surface area (Å²) in [6.07, 6.45) is -24.8. The van der Waals surface area contributed by atoms with Gasteiger partial charge in [0.05, 0.1) is 13.2 Å². The number of ketones is 1. The van der Waals surface area contributed by atoms with Crippen LogP contribution in [0, 0.1) is 0 Å². The summed E-state index contributed by atoms with van der Waals surface area (Å²) in [5.41, 5.74) is -0.774. The van der Waals surface area contributed by atoms with E-state index in [1.165, 1.54) is 0 Å². The van der Waals surface area contributed by atoms with Crippen molar-refractivity contribution in [2.24, 2.45) is 0 Å². The van der Waals surface area contributed by atoms with Crippen LogP contribution >= 0.6 is 0 Å². The van der Waals surface area contributed by atoms with E-state index in [0.29, 0.717) is 0 Å². The predicted octanol–water partition coefficient (Wildman–Crippen LogP) is 15.3. The molecular weight excluding hydrogens is 1110 g/mol. The molecule has 0 aliphatic carbocycles. The Hall–Kier alpha value is -4.67. The Kier molecular flexibility index (Phi) is 16.7. The van der Waals surface area contributed by atoms with E-state index in [4.69, 9.17) is 9.47 Å². The molecule has 416 valence electrons.